The zero-order valence-corrected chi connectivity index (χ0v) is 14.8. The van der Waals surface area contributed by atoms with Gasteiger partial charge < -0.3 is 11.1 Å². The summed E-state index contributed by atoms with van der Waals surface area (Å²) in [4.78, 5) is 16.6. The Hall–Kier alpha value is -1.80. The fraction of sp³-hybridized carbons (Fsp3) is 0.625. The van der Waals surface area contributed by atoms with Crippen LogP contribution in [0.1, 0.15) is 59.3 Å². The van der Waals surface area contributed by atoms with E-state index in [1.165, 1.54) is 0 Å². The van der Waals surface area contributed by atoms with E-state index in [0.717, 1.165) is 49.2 Å². The largest absolute Gasteiger partial charge is 0.351 e. The number of aromatic nitrogens is 4. The predicted octanol–water partition coefficient (Wildman–Crippen LogP) is 1.85. The summed E-state index contributed by atoms with van der Waals surface area (Å²) >= 11 is 1.67. The van der Waals surface area contributed by atoms with Crippen molar-refractivity contribution in [3.8, 4) is 0 Å². The summed E-state index contributed by atoms with van der Waals surface area (Å²) in [6.07, 6.45) is 7.50. The molecule has 7 nitrogen and oxygen atoms in total. The zero-order chi connectivity index (χ0) is 16.9. The highest BCUT2D eigenvalue weighted by Gasteiger charge is 2.22. The quantitative estimate of drug-likeness (QED) is 0.776. The number of hydrogen-bond acceptors (Lipinski definition) is 6. The van der Waals surface area contributed by atoms with Crippen LogP contribution >= 0.6 is 11.3 Å². The van der Waals surface area contributed by atoms with Gasteiger partial charge in [-0.05, 0) is 39.0 Å². The molecular formula is C16H24N6OS. The van der Waals surface area contributed by atoms with Crippen molar-refractivity contribution in [2.45, 2.75) is 57.5 Å². The van der Waals surface area contributed by atoms with Gasteiger partial charge in [0.05, 0.1) is 17.2 Å². The summed E-state index contributed by atoms with van der Waals surface area (Å²) in [5.74, 6) is -0.163. The lowest BCUT2D eigenvalue weighted by Crippen LogP contribution is -2.28. The van der Waals surface area contributed by atoms with E-state index in [1.807, 2.05) is 17.0 Å². The smallest absolute Gasteiger partial charge is 0.273 e. The molecule has 0 spiro atoms. The number of nitrogens with two attached hydrogens (primary N) is 1. The molecule has 3 N–H and O–H groups in total. The van der Waals surface area contributed by atoms with Crippen LogP contribution in [-0.2, 0) is 6.42 Å². The van der Waals surface area contributed by atoms with Crippen LogP contribution in [0, 0.1) is 6.92 Å². The third kappa shape index (κ3) is 4.39. The molecule has 0 radical (unpaired) electrons. The Morgan fingerprint density at radius 3 is 2.92 bits per heavy atom. The van der Waals surface area contributed by atoms with Crippen LogP contribution in [0.5, 0.6) is 0 Å². The van der Waals surface area contributed by atoms with Crippen molar-refractivity contribution in [2.24, 2.45) is 5.73 Å². The minimum Gasteiger partial charge on any atom is -0.351 e. The SMILES string of the molecule is Cc1csc(CCCNC(=O)c2cn(C3CCC(N)CC3)nn2)n1. The van der Waals surface area contributed by atoms with Crippen molar-refractivity contribution >= 4 is 17.2 Å². The van der Waals surface area contributed by atoms with Gasteiger partial charge in [0.25, 0.3) is 5.91 Å². The van der Waals surface area contributed by atoms with Crippen LogP contribution in [0.4, 0.5) is 0 Å². The summed E-state index contributed by atoms with van der Waals surface area (Å²) in [5.41, 5.74) is 7.37. The van der Waals surface area contributed by atoms with Crippen LogP contribution in [-0.4, -0.2) is 38.5 Å². The molecule has 0 saturated heterocycles. The summed E-state index contributed by atoms with van der Waals surface area (Å²) in [6.45, 7) is 2.60. The molecule has 24 heavy (non-hydrogen) atoms. The van der Waals surface area contributed by atoms with Crippen molar-refractivity contribution in [2.75, 3.05) is 6.54 Å². The summed E-state index contributed by atoms with van der Waals surface area (Å²) in [5, 5.41) is 14.2. The highest BCUT2D eigenvalue weighted by molar-refractivity contribution is 7.09. The first-order valence-electron chi connectivity index (χ1n) is 8.48. The van der Waals surface area contributed by atoms with E-state index >= 15 is 0 Å². The minimum atomic E-state index is -0.163. The van der Waals surface area contributed by atoms with E-state index in [2.05, 4.69) is 20.6 Å². The molecule has 0 atom stereocenters. The van der Waals surface area contributed by atoms with Gasteiger partial charge in [-0.2, -0.15) is 0 Å². The second-order valence-electron chi connectivity index (χ2n) is 6.39. The average molecular weight is 348 g/mol. The predicted molar refractivity (Wildman–Crippen MR) is 93.0 cm³/mol. The van der Waals surface area contributed by atoms with Gasteiger partial charge in [0, 0.05) is 30.1 Å². The Morgan fingerprint density at radius 2 is 2.21 bits per heavy atom. The van der Waals surface area contributed by atoms with E-state index in [1.54, 1.807) is 17.5 Å². The summed E-state index contributed by atoms with van der Waals surface area (Å²) in [7, 11) is 0. The van der Waals surface area contributed by atoms with Crippen LogP contribution < -0.4 is 11.1 Å². The molecule has 1 aliphatic carbocycles. The maximum Gasteiger partial charge on any atom is 0.273 e. The third-order valence-corrected chi connectivity index (χ3v) is 5.40. The second-order valence-corrected chi connectivity index (χ2v) is 7.34. The minimum absolute atomic E-state index is 0.163. The van der Waals surface area contributed by atoms with Gasteiger partial charge in [0.1, 0.15) is 0 Å². The van der Waals surface area contributed by atoms with Gasteiger partial charge in [0.15, 0.2) is 5.69 Å². The van der Waals surface area contributed by atoms with Crippen LogP contribution in [0.2, 0.25) is 0 Å². The van der Waals surface area contributed by atoms with Crippen molar-refractivity contribution < 1.29 is 4.79 Å². The molecule has 1 saturated carbocycles. The first kappa shape index (κ1) is 17.0. The van der Waals surface area contributed by atoms with Gasteiger partial charge in [-0.3, -0.25) is 4.79 Å². The number of carbonyl (C=O) groups is 1. The van der Waals surface area contributed by atoms with Crippen molar-refractivity contribution in [3.63, 3.8) is 0 Å². The van der Waals surface area contributed by atoms with Crippen molar-refractivity contribution in [3.05, 3.63) is 28.0 Å². The second kappa shape index (κ2) is 7.85. The highest BCUT2D eigenvalue weighted by atomic mass is 32.1. The summed E-state index contributed by atoms with van der Waals surface area (Å²) in [6, 6.07) is 0.612. The normalized spacial score (nSPS) is 20.9. The van der Waals surface area contributed by atoms with Crippen LogP contribution in [0.3, 0.4) is 0 Å². The lowest BCUT2D eigenvalue weighted by molar-refractivity contribution is 0.0948. The van der Waals surface area contributed by atoms with Crippen molar-refractivity contribution in [1.82, 2.24) is 25.3 Å². The number of carbonyl (C=O) groups excluding carboxylic acids is 1. The van der Waals surface area contributed by atoms with E-state index < -0.39 is 0 Å². The van der Waals surface area contributed by atoms with Gasteiger partial charge in [-0.1, -0.05) is 5.21 Å². The lowest BCUT2D eigenvalue weighted by atomic mass is 9.92. The molecule has 2 aromatic rings. The molecule has 2 heterocycles. The first-order valence-corrected chi connectivity index (χ1v) is 9.36. The molecule has 1 amide bonds. The molecule has 0 aliphatic heterocycles. The number of thiazole rings is 1. The molecule has 2 aromatic heterocycles. The third-order valence-electron chi connectivity index (χ3n) is 4.38. The van der Waals surface area contributed by atoms with Gasteiger partial charge in [0.2, 0.25) is 0 Å². The number of nitrogens with zero attached hydrogens (tertiary/aromatic N) is 4. The highest BCUT2D eigenvalue weighted by Crippen LogP contribution is 2.26. The molecule has 0 unspecified atom stereocenters. The van der Waals surface area contributed by atoms with Crippen molar-refractivity contribution in [1.29, 1.82) is 0 Å². The monoisotopic (exact) mass is 348 g/mol. The Balaban J connectivity index is 1.43. The number of amides is 1. The zero-order valence-electron chi connectivity index (χ0n) is 13.9. The molecule has 130 valence electrons. The standard InChI is InChI=1S/C16H24N6OS/c1-11-10-24-15(19-11)3-2-8-18-16(23)14-9-22(21-20-14)13-6-4-12(17)5-7-13/h9-10,12-13H,2-8,17H2,1H3,(H,18,23). The molecule has 0 aromatic carbocycles. The van der Waals surface area contributed by atoms with Gasteiger partial charge in [-0.15, -0.1) is 16.4 Å². The Morgan fingerprint density at radius 1 is 1.42 bits per heavy atom. The fourth-order valence-electron chi connectivity index (χ4n) is 2.97. The summed E-state index contributed by atoms with van der Waals surface area (Å²) < 4.78 is 1.82. The molecule has 1 aliphatic rings. The number of rotatable bonds is 6. The maximum absolute atomic E-state index is 12.1. The molecule has 8 heteroatoms. The number of nitrogens with one attached hydrogen (secondary N) is 1. The topological polar surface area (TPSA) is 98.7 Å². The van der Waals surface area contributed by atoms with Crippen LogP contribution in [0.15, 0.2) is 11.6 Å². The average Bonchev–Trinajstić information content (AvgIpc) is 3.21. The Bertz CT molecular complexity index is 674. The van der Waals surface area contributed by atoms with Crippen LogP contribution in [0.25, 0.3) is 0 Å². The van der Waals surface area contributed by atoms with E-state index in [-0.39, 0.29) is 5.91 Å². The first-order chi connectivity index (χ1) is 11.6. The fourth-order valence-corrected chi connectivity index (χ4v) is 3.79. The number of hydrogen-bond donors (Lipinski definition) is 2. The van der Waals surface area contributed by atoms with E-state index in [9.17, 15) is 4.79 Å². The Kier molecular flexibility index (Phi) is 5.57. The Labute approximate surface area is 145 Å². The van der Waals surface area contributed by atoms with E-state index in [4.69, 9.17) is 5.73 Å². The van der Waals surface area contributed by atoms with E-state index in [0.29, 0.717) is 24.3 Å². The lowest BCUT2D eigenvalue weighted by Gasteiger charge is -2.25. The molecule has 3 rings (SSSR count). The maximum atomic E-state index is 12.1. The molecular weight excluding hydrogens is 324 g/mol. The molecule has 0 bridgehead atoms. The van der Waals surface area contributed by atoms with Gasteiger partial charge >= 0.3 is 0 Å². The molecule has 1 fully saturated rings. The number of aryl methyl sites for hydroxylation is 2. The van der Waals surface area contributed by atoms with Gasteiger partial charge in [-0.25, -0.2) is 9.67 Å².